The lowest BCUT2D eigenvalue weighted by Crippen LogP contribution is -2.71. The topological polar surface area (TPSA) is 700 Å². The Labute approximate surface area is 813 Å². The number of allylic oxidation sites excluding steroid dienone is 1. The molecule has 45 heteroatoms. The number of amides is 3. The van der Waals surface area contributed by atoms with Gasteiger partial charge in [-0.05, 0) is 26.2 Å². The van der Waals surface area contributed by atoms with E-state index in [1.165, 1.54) is 155 Å². The zero-order valence-corrected chi connectivity index (χ0v) is 81.1. The van der Waals surface area contributed by atoms with Gasteiger partial charge in [0, 0.05) is 20.3 Å². The second-order valence-corrected chi connectivity index (χ2v) is 38.4. The van der Waals surface area contributed by atoms with Crippen LogP contribution in [0.2, 0.25) is 0 Å². The van der Waals surface area contributed by atoms with Crippen LogP contribution in [0.3, 0.4) is 0 Å². The first kappa shape index (κ1) is 121. The SMILES string of the molecule is CCCCCCCCCCCCC/C=C/[C@@H](O)[C@H](CO[C@@H]1OC(CO)[C@@H](O[C@@H]2OC(CO)[C@H](O[C@@H]3OC(CO)[C@H](O)[C@H](O[C@@H]4OC(CO[C@@H]5OC(CO)[C@@H](O[C@@H]6OC(CO)[C@H](O)[C@H](O)C6O)[C@H](O[C@H]6OC(C)[C@@H](O)C(O)[C@@H]6O)C5NC(C)=O)[C@H](O)[C@H](O[C@@H]5OC(CO)[C@H](O)[C@H](O)C5O)C4NC(C)=O)C3O)[C@H](O)C2O)[C@H](O)C1O)NC(=O)CCCCCCCCCCCCCCCCCCCCCCC. The van der Waals surface area contributed by atoms with Crippen LogP contribution in [0, 0.1) is 0 Å². The smallest absolute Gasteiger partial charge is 0.220 e. The van der Waals surface area contributed by atoms with E-state index < -0.39 is 322 Å². The van der Waals surface area contributed by atoms with Crippen molar-refractivity contribution in [1.29, 1.82) is 0 Å². The van der Waals surface area contributed by atoms with E-state index in [9.17, 15) is 132 Å². The van der Waals surface area contributed by atoms with Crippen LogP contribution < -0.4 is 16.0 Å². The van der Waals surface area contributed by atoms with Crippen LogP contribution in [-0.2, 0) is 90.2 Å². The molecule has 8 fully saturated rings. The number of ether oxygens (including phenoxy) is 16. The highest BCUT2D eigenvalue weighted by Crippen LogP contribution is 2.40. The average Bonchev–Trinajstić information content (AvgIpc) is 0.766. The quantitative estimate of drug-likeness (QED) is 0.0208. The number of hydrogen-bond donors (Lipinski definition) is 26. The largest absolute Gasteiger partial charge is 0.394 e. The Morgan fingerprint density at radius 3 is 1.06 bits per heavy atom. The number of carbonyl (C=O) groups excluding carboxylic acids is 3. The average molecular weight is 2010 g/mol. The highest BCUT2D eigenvalue weighted by molar-refractivity contribution is 5.76. The van der Waals surface area contributed by atoms with Gasteiger partial charge in [0.15, 0.2) is 50.3 Å². The maximum absolute atomic E-state index is 13.7. The molecular formula is C94H169N3O42. The van der Waals surface area contributed by atoms with Gasteiger partial charge in [-0.1, -0.05) is 219 Å². The number of rotatable bonds is 63. The molecule has 0 bridgehead atoms. The summed E-state index contributed by atoms with van der Waals surface area (Å²) < 4.78 is 96.5. The molecule has 16 unspecified atom stereocenters. The maximum Gasteiger partial charge on any atom is 0.220 e. The molecule has 8 saturated heterocycles. The van der Waals surface area contributed by atoms with Crippen molar-refractivity contribution in [2.45, 2.75) is 511 Å². The molecule has 0 aromatic rings. The summed E-state index contributed by atoms with van der Waals surface area (Å²) in [7, 11) is 0. The minimum atomic E-state index is -2.42. The molecule has 0 radical (unpaired) electrons. The molecular weight excluding hydrogens is 1840 g/mol. The predicted molar refractivity (Wildman–Crippen MR) is 485 cm³/mol. The maximum atomic E-state index is 13.7. The van der Waals surface area contributed by atoms with Crippen molar-refractivity contribution in [3.63, 3.8) is 0 Å². The number of carbonyl (C=O) groups is 3. The molecule has 812 valence electrons. The Morgan fingerprint density at radius 1 is 0.302 bits per heavy atom. The summed E-state index contributed by atoms with van der Waals surface area (Å²) in [4.78, 5) is 40.5. The van der Waals surface area contributed by atoms with Gasteiger partial charge in [0.25, 0.3) is 0 Å². The van der Waals surface area contributed by atoms with Crippen molar-refractivity contribution in [3.05, 3.63) is 12.2 Å². The first-order valence-electron chi connectivity index (χ1n) is 50.8. The third-order valence-corrected chi connectivity index (χ3v) is 27.4. The van der Waals surface area contributed by atoms with Crippen molar-refractivity contribution in [2.75, 3.05) is 52.9 Å². The van der Waals surface area contributed by atoms with E-state index in [-0.39, 0.29) is 12.3 Å². The fourth-order valence-electron chi connectivity index (χ4n) is 19.0. The van der Waals surface area contributed by atoms with E-state index in [0.717, 1.165) is 65.2 Å². The fraction of sp³-hybridized carbons (Fsp3) is 0.947. The predicted octanol–water partition coefficient (Wildman–Crippen LogP) is -3.41. The Hall–Kier alpha value is -3.41. The third kappa shape index (κ3) is 35.9. The number of aliphatic hydroxyl groups is 23. The van der Waals surface area contributed by atoms with Gasteiger partial charge in [-0.25, -0.2) is 0 Å². The third-order valence-electron chi connectivity index (χ3n) is 27.4. The van der Waals surface area contributed by atoms with Gasteiger partial charge in [-0.2, -0.15) is 0 Å². The van der Waals surface area contributed by atoms with Gasteiger partial charge in [-0.3, -0.25) is 14.4 Å². The molecule has 3 amide bonds. The molecule has 8 aliphatic heterocycles. The van der Waals surface area contributed by atoms with Crippen molar-refractivity contribution >= 4 is 17.7 Å². The zero-order chi connectivity index (χ0) is 102. The van der Waals surface area contributed by atoms with Crippen LogP contribution in [0.15, 0.2) is 12.2 Å². The van der Waals surface area contributed by atoms with E-state index >= 15 is 0 Å². The first-order valence-corrected chi connectivity index (χ1v) is 50.8. The summed E-state index contributed by atoms with van der Waals surface area (Å²) in [6.45, 7) is -0.260. The lowest BCUT2D eigenvalue weighted by molar-refractivity contribution is -0.391. The molecule has 0 spiro atoms. The number of hydrogen-bond acceptors (Lipinski definition) is 42. The molecule has 0 saturated carbocycles. The van der Waals surface area contributed by atoms with E-state index in [4.69, 9.17) is 75.8 Å². The second-order valence-electron chi connectivity index (χ2n) is 38.4. The standard InChI is InChI=1S/C94H169N3O42/c1-6-8-10-12-14-16-18-20-21-22-23-24-25-26-27-29-31-33-35-37-39-41-62(107)97-53(54(106)40-38-36-34-32-30-28-19-17-15-13-11-9-7-2)48-124-89-78(121)73(116)81(58(45-101)131-89)134-93-79(122)74(117)82(59(46-102)132-93)135-94-80(123)86(68(111)57(44-100)129-94)139-88-63(95-51(4)104)84(137-92-77(120)72(115)67(110)56(43-99)128-92)69(112)61(133-88)49-125-87-64(96-52(5)105)85(138-90-75(118)70(113)65(108)50(3)126-90)83(60(47-103)130-87)136-91-76(119)71(114)66(109)55(42-98)127-91/h38,40,50,53-61,63-94,98-103,106,108-123H,6-37,39,41-49H2,1-5H3,(H,95,104)(H,96,105)(H,97,107)/b40-38+/t50?,53-,54+,55?,56?,57?,58?,59?,60?,61?,63?,64?,65+,66-,67-,68-,69-,70?,71-,72-,73+,74+,75-,76?,77?,78?,79?,80?,81+,82-,83+,84+,85+,86-,87+,88-,89+,90+,91-,92-,93-,94-/m0/s1. The first-order chi connectivity index (χ1) is 66.7. The lowest BCUT2D eigenvalue weighted by Gasteiger charge is -2.51. The summed E-state index contributed by atoms with van der Waals surface area (Å²) in [6, 6.07) is -4.96. The Morgan fingerprint density at radius 2 is 0.619 bits per heavy atom. The summed E-state index contributed by atoms with van der Waals surface area (Å²) in [5.41, 5.74) is 0. The normalized spacial score (nSPS) is 39.0. The van der Waals surface area contributed by atoms with Crippen LogP contribution in [0.25, 0.3) is 0 Å². The lowest BCUT2D eigenvalue weighted by atomic mass is 9.93. The molecule has 0 aliphatic carbocycles. The highest BCUT2D eigenvalue weighted by Gasteiger charge is 2.61. The van der Waals surface area contributed by atoms with Gasteiger partial charge >= 0.3 is 0 Å². The Balaban J connectivity index is 0.938. The van der Waals surface area contributed by atoms with Gasteiger partial charge in [0.1, 0.15) is 189 Å². The number of unbranched alkanes of at least 4 members (excludes halogenated alkanes) is 31. The Bertz CT molecular complexity index is 3360. The van der Waals surface area contributed by atoms with Crippen LogP contribution in [0.4, 0.5) is 0 Å². The highest BCUT2D eigenvalue weighted by atomic mass is 16.8. The van der Waals surface area contributed by atoms with Crippen molar-refractivity contribution in [2.24, 2.45) is 0 Å². The van der Waals surface area contributed by atoms with Crippen LogP contribution in [0.5, 0.6) is 0 Å². The van der Waals surface area contributed by atoms with Gasteiger partial charge in [-0.15, -0.1) is 0 Å². The molecule has 139 heavy (non-hydrogen) atoms. The molecule has 8 rings (SSSR count). The fourth-order valence-corrected chi connectivity index (χ4v) is 19.0. The van der Waals surface area contributed by atoms with E-state index in [1.807, 2.05) is 6.08 Å². The van der Waals surface area contributed by atoms with Crippen molar-refractivity contribution in [1.82, 2.24) is 16.0 Å². The summed E-state index contributed by atoms with van der Waals surface area (Å²) >= 11 is 0. The minimum absolute atomic E-state index is 0.153. The van der Waals surface area contributed by atoms with Gasteiger partial charge in [0.05, 0.1) is 71.1 Å². The molecule has 42 atom stereocenters. The zero-order valence-electron chi connectivity index (χ0n) is 81.1. The monoisotopic (exact) mass is 2010 g/mol. The van der Waals surface area contributed by atoms with Gasteiger partial charge in [0.2, 0.25) is 17.7 Å². The number of nitrogens with one attached hydrogen (secondary N) is 3. The summed E-state index contributed by atoms with van der Waals surface area (Å²) in [5.74, 6) is -2.26. The Kier molecular flexibility index (Phi) is 55.1. The van der Waals surface area contributed by atoms with Crippen molar-refractivity contribution in [3.8, 4) is 0 Å². The molecule has 26 N–H and O–H groups in total. The molecule has 8 heterocycles. The van der Waals surface area contributed by atoms with E-state index in [1.54, 1.807) is 6.08 Å². The van der Waals surface area contributed by atoms with Crippen LogP contribution in [-0.4, -0.2) is 446 Å². The van der Waals surface area contributed by atoms with E-state index in [0.29, 0.717) is 12.8 Å². The van der Waals surface area contributed by atoms with Crippen LogP contribution >= 0.6 is 0 Å². The molecule has 0 aromatic carbocycles. The van der Waals surface area contributed by atoms with E-state index in [2.05, 4.69) is 29.8 Å². The van der Waals surface area contributed by atoms with Gasteiger partial charge < -0.3 is 209 Å². The van der Waals surface area contributed by atoms with Crippen molar-refractivity contribution < 1.29 is 208 Å². The molecule has 0 aromatic heterocycles. The molecule has 8 aliphatic rings. The second kappa shape index (κ2) is 63.4. The molecule has 45 nitrogen and oxygen atoms in total. The summed E-state index contributed by atoms with van der Waals surface area (Å²) in [6.07, 6.45) is -35.6. The minimum Gasteiger partial charge on any atom is -0.394 e. The summed E-state index contributed by atoms with van der Waals surface area (Å²) in [5, 5.41) is 267. The van der Waals surface area contributed by atoms with Crippen LogP contribution in [0.1, 0.15) is 253 Å². The number of aliphatic hydroxyl groups excluding tert-OH is 23.